The van der Waals surface area contributed by atoms with Gasteiger partial charge in [-0.2, -0.15) is 0 Å². The molecule has 1 aliphatic rings. The first-order valence-electron chi connectivity index (χ1n) is 6.68. The number of carbonyl (C=O) groups excluding carboxylic acids is 2. The van der Waals surface area contributed by atoms with Crippen molar-refractivity contribution in [1.29, 1.82) is 0 Å². The fraction of sp³-hybridized carbons (Fsp3) is 0.125. The smallest absolute Gasteiger partial charge is 0.322 e. The third kappa shape index (κ3) is 2.69. The summed E-state index contributed by atoms with van der Waals surface area (Å²) in [6.45, 7) is 0.00500. The van der Waals surface area contributed by atoms with Crippen molar-refractivity contribution in [3.63, 3.8) is 0 Å². The van der Waals surface area contributed by atoms with Crippen LogP contribution >= 0.6 is 15.9 Å². The Morgan fingerprint density at radius 1 is 1.05 bits per heavy atom. The number of nitrogens with one attached hydrogen (secondary N) is 2. The summed E-state index contributed by atoms with van der Waals surface area (Å²) in [4.78, 5) is 24.0. The molecule has 3 rings (SSSR count). The van der Waals surface area contributed by atoms with E-state index >= 15 is 0 Å². The van der Waals surface area contributed by atoms with Crippen LogP contribution in [0.1, 0.15) is 5.56 Å². The minimum absolute atomic E-state index is 0.00500. The zero-order valence-corrected chi connectivity index (χ0v) is 13.1. The number of hydrogen-bond acceptors (Lipinski definition) is 3. The van der Waals surface area contributed by atoms with Gasteiger partial charge in [0.05, 0.1) is 0 Å². The van der Waals surface area contributed by atoms with E-state index in [1.165, 1.54) is 0 Å². The number of halogens is 1. The molecule has 0 radical (unpaired) electrons. The van der Waals surface area contributed by atoms with E-state index in [9.17, 15) is 9.59 Å². The third-order valence-corrected chi connectivity index (χ3v) is 3.95. The monoisotopic (exact) mass is 360 g/mol. The maximum absolute atomic E-state index is 12.3. The Labute approximate surface area is 135 Å². The van der Waals surface area contributed by atoms with Crippen molar-refractivity contribution in [3.05, 3.63) is 64.6 Å². The highest BCUT2D eigenvalue weighted by Gasteiger charge is 2.48. The molecule has 0 aliphatic carbocycles. The predicted octanol–water partition coefficient (Wildman–Crippen LogP) is 2.56. The van der Waals surface area contributed by atoms with Gasteiger partial charge in [0, 0.05) is 4.47 Å². The molecule has 0 saturated carbocycles. The van der Waals surface area contributed by atoms with Crippen molar-refractivity contribution in [2.24, 2.45) is 0 Å². The molecule has 1 heterocycles. The lowest BCUT2D eigenvalue weighted by molar-refractivity contribution is -0.125. The molecule has 112 valence electrons. The van der Waals surface area contributed by atoms with Crippen molar-refractivity contribution in [3.8, 4) is 5.75 Å². The van der Waals surface area contributed by atoms with E-state index in [4.69, 9.17) is 4.74 Å². The molecule has 2 aromatic carbocycles. The van der Waals surface area contributed by atoms with Gasteiger partial charge in [-0.05, 0) is 29.8 Å². The van der Waals surface area contributed by atoms with Gasteiger partial charge in [0.2, 0.25) is 0 Å². The maximum atomic E-state index is 12.3. The Bertz CT molecular complexity index is 720. The molecule has 2 N–H and O–H groups in total. The molecule has 22 heavy (non-hydrogen) atoms. The summed E-state index contributed by atoms with van der Waals surface area (Å²) in [5.74, 6) is 0.206. The van der Waals surface area contributed by atoms with E-state index in [0.29, 0.717) is 11.3 Å². The molecule has 3 amide bonds. The van der Waals surface area contributed by atoms with Crippen molar-refractivity contribution < 1.29 is 14.3 Å². The van der Waals surface area contributed by atoms with E-state index in [1.54, 1.807) is 30.3 Å². The number of rotatable bonds is 4. The van der Waals surface area contributed by atoms with Crippen LogP contribution in [-0.4, -0.2) is 18.5 Å². The topological polar surface area (TPSA) is 67.4 Å². The van der Waals surface area contributed by atoms with Gasteiger partial charge >= 0.3 is 6.03 Å². The van der Waals surface area contributed by atoms with Gasteiger partial charge in [-0.1, -0.05) is 46.3 Å². The molecule has 2 aromatic rings. The fourth-order valence-corrected chi connectivity index (χ4v) is 2.74. The van der Waals surface area contributed by atoms with Gasteiger partial charge in [-0.15, -0.1) is 0 Å². The van der Waals surface area contributed by atoms with Crippen LogP contribution in [0.25, 0.3) is 0 Å². The Hall–Kier alpha value is -2.34. The van der Waals surface area contributed by atoms with E-state index in [-0.39, 0.29) is 6.61 Å². The van der Waals surface area contributed by atoms with E-state index in [0.717, 1.165) is 4.47 Å². The summed E-state index contributed by atoms with van der Waals surface area (Å²) in [5.41, 5.74) is -0.586. The molecule has 1 aliphatic heterocycles. The van der Waals surface area contributed by atoms with Crippen LogP contribution < -0.4 is 15.4 Å². The van der Waals surface area contributed by atoms with Gasteiger partial charge in [-0.25, -0.2) is 4.79 Å². The number of urea groups is 1. The summed E-state index contributed by atoms with van der Waals surface area (Å²) in [6, 6.07) is 15.9. The van der Waals surface area contributed by atoms with Gasteiger partial charge in [0.25, 0.3) is 5.91 Å². The van der Waals surface area contributed by atoms with Crippen molar-refractivity contribution in [2.45, 2.75) is 5.54 Å². The molecule has 0 spiro atoms. The fourth-order valence-electron chi connectivity index (χ4n) is 2.34. The molecule has 1 saturated heterocycles. The summed E-state index contributed by atoms with van der Waals surface area (Å²) in [6.07, 6.45) is 0. The number of benzene rings is 2. The molecular weight excluding hydrogens is 348 g/mol. The zero-order valence-electron chi connectivity index (χ0n) is 11.5. The standard InChI is InChI=1S/C16H13BrN2O3/c17-12-6-4-5-11(9-12)16(14(20)18-15(21)19-16)10-22-13-7-2-1-3-8-13/h1-9H,10H2,(H2,18,19,20,21). The molecule has 6 heteroatoms. The molecular formula is C16H13BrN2O3. The minimum Gasteiger partial charge on any atom is -0.490 e. The number of amides is 3. The Morgan fingerprint density at radius 3 is 2.45 bits per heavy atom. The first-order chi connectivity index (χ1) is 10.6. The molecule has 1 unspecified atom stereocenters. The third-order valence-electron chi connectivity index (χ3n) is 3.46. The lowest BCUT2D eigenvalue weighted by Crippen LogP contribution is -2.48. The average molecular weight is 361 g/mol. The van der Waals surface area contributed by atoms with Crippen LogP contribution in [0.3, 0.4) is 0 Å². The zero-order chi connectivity index (χ0) is 15.6. The Morgan fingerprint density at radius 2 is 1.82 bits per heavy atom. The van der Waals surface area contributed by atoms with Crippen LogP contribution in [0, 0.1) is 0 Å². The van der Waals surface area contributed by atoms with Crippen molar-refractivity contribution in [1.82, 2.24) is 10.6 Å². The predicted molar refractivity (Wildman–Crippen MR) is 84.4 cm³/mol. The second kappa shape index (κ2) is 5.81. The molecule has 0 bridgehead atoms. The van der Waals surface area contributed by atoms with Gasteiger partial charge < -0.3 is 10.1 Å². The van der Waals surface area contributed by atoms with Gasteiger partial charge in [0.15, 0.2) is 5.54 Å². The first kappa shape index (κ1) is 14.6. The van der Waals surface area contributed by atoms with Crippen LogP contribution in [0.2, 0.25) is 0 Å². The number of ether oxygens (including phenoxy) is 1. The van der Waals surface area contributed by atoms with Gasteiger partial charge in [-0.3, -0.25) is 10.1 Å². The largest absolute Gasteiger partial charge is 0.490 e. The highest BCUT2D eigenvalue weighted by Crippen LogP contribution is 2.28. The van der Waals surface area contributed by atoms with E-state index in [2.05, 4.69) is 26.6 Å². The second-order valence-corrected chi connectivity index (χ2v) is 5.84. The van der Waals surface area contributed by atoms with E-state index in [1.807, 2.05) is 24.3 Å². The first-order valence-corrected chi connectivity index (χ1v) is 7.47. The van der Waals surface area contributed by atoms with Crippen LogP contribution in [0.5, 0.6) is 5.75 Å². The summed E-state index contributed by atoms with van der Waals surface area (Å²) in [5, 5.41) is 4.96. The van der Waals surface area contributed by atoms with Crippen LogP contribution in [-0.2, 0) is 10.3 Å². The molecule has 1 fully saturated rings. The highest BCUT2D eigenvalue weighted by molar-refractivity contribution is 9.10. The van der Waals surface area contributed by atoms with Crippen LogP contribution in [0.4, 0.5) is 4.79 Å². The number of para-hydroxylation sites is 1. The summed E-state index contributed by atoms with van der Waals surface area (Å²) < 4.78 is 6.53. The SMILES string of the molecule is O=C1NC(=O)C(COc2ccccc2)(c2cccc(Br)c2)N1. The van der Waals surface area contributed by atoms with Crippen molar-refractivity contribution >= 4 is 27.9 Å². The quantitative estimate of drug-likeness (QED) is 0.823. The average Bonchev–Trinajstić information content (AvgIpc) is 2.81. The number of imide groups is 1. The normalized spacial score (nSPS) is 20.4. The molecule has 1 atom stereocenters. The molecule has 5 nitrogen and oxygen atoms in total. The highest BCUT2D eigenvalue weighted by atomic mass is 79.9. The van der Waals surface area contributed by atoms with Crippen molar-refractivity contribution in [2.75, 3.05) is 6.61 Å². The lowest BCUT2D eigenvalue weighted by Gasteiger charge is -2.26. The van der Waals surface area contributed by atoms with Gasteiger partial charge in [0.1, 0.15) is 12.4 Å². The Kier molecular flexibility index (Phi) is 3.85. The summed E-state index contributed by atoms with van der Waals surface area (Å²) in [7, 11) is 0. The van der Waals surface area contributed by atoms with E-state index < -0.39 is 17.5 Å². The lowest BCUT2D eigenvalue weighted by atomic mass is 9.91. The number of hydrogen-bond donors (Lipinski definition) is 2. The summed E-state index contributed by atoms with van der Waals surface area (Å²) >= 11 is 3.38. The molecule has 0 aromatic heterocycles. The Balaban J connectivity index is 1.94. The van der Waals surface area contributed by atoms with Crippen LogP contribution in [0.15, 0.2) is 59.1 Å². The second-order valence-electron chi connectivity index (χ2n) is 4.93. The minimum atomic E-state index is -1.24. The number of carbonyl (C=O) groups is 2. The maximum Gasteiger partial charge on any atom is 0.322 e.